The monoisotopic (exact) mass is 330 g/mol. The number of carbonyl (C=O) groups excluding carboxylic acids is 2. The molecular formula is C18H22N2O4. The Morgan fingerprint density at radius 1 is 1.21 bits per heavy atom. The maximum Gasteiger partial charge on any atom is 0.308 e. The second kappa shape index (κ2) is 6.63. The molecule has 2 unspecified atom stereocenters. The lowest BCUT2D eigenvalue weighted by Gasteiger charge is -2.38. The third-order valence-corrected chi connectivity index (χ3v) is 5.04. The van der Waals surface area contributed by atoms with Crippen LogP contribution in [-0.2, 0) is 20.8 Å². The van der Waals surface area contributed by atoms with E-state index in [1.165, 1.54) is 4.90 Å². The molecule has 0 aromatic heterocycles. The van der Waals surface area contributed by atoms with Crippen LogP contribution in [0.4, 0.5) is 5.69 Å². The topological polar surface area (TPSA) is 77.9 Å². The minimum Gasteiger partial charge on any atom is -0.481 e. The lowest BCUT2D eigenvalue weighted by atomic mass is 9.93. The highest BCUT2D eigenvalue weighted by Gasteiger charge is 2.34. The zero-order valence-corrected chi connectivity index (χ0v) is 13.8. The molecule has 3 rings (SSSR count). The quantitative estimate of drug-likeness (QED) is 0.914. The Morgan fingerprint density at radius 2 is 1.96 bits per heavy atom. The van der Waals surface area contributed by atoms with Gasteiger partial charge in [0.1, 0.15) is 6.54 Å². The summed E-state index contributed by atoms with van der Waals surface area (Å²) in [5.41, 5.74) is 1.86. The van der Waals surface area contributed by atoms with Crippen molar-refractivity contribution in [1.29, 1.82) is 0 Å². The number of carbonyl (C=O) groups is 3. The number of carboxylic acids is 1. The summed E-state index contributed by atoms with van der Waals surface area (Å²) in [6.45, 7) is 2.13. The van der Waals surface area contributed by atoms with Crippen LogP contribution in [0.3, 0.4) is 0 Å². The maximum atomic E-state index is 12.7. The molecule has 1 aromatic rings. The second-order valence-corrected chi connectivity index (χ2v) is 6.62. The standard InChI is InChI=1S/C18H22N2O4/c1-12-6-7-14(18(23)24)10-19(12)17(22)11-20-15-5-3-2-4-13(15)8-9-16(20)21/h2-5,12,14H,6-11H2,1H3,(H,23,24). The van der Waals surface area contributed by atoms with Gasteiger partial charge in [-0.25, -0.2) is 0 Å². The number of likely N-dealkylation sites (tertiary alicyclic amines) is 1. The Morgan fingerprint density at radius 3 is 2.71 bits per heavy atom. The lowest BCUT2D eigenvalue weighted by molar-refractivity contribution is -0.147. The third-order valence-electron chi connectivity index (χ3n) is 5.04. The number of aryl methyl sites for hydroxylation is 1. The molecule has 2 amide bonds. The van der Waals surface area contributed by atoms with Crippen LogP contribution < -0.4 is 4.90 Å². The van der Waals surface area contributed by atoms with Crippen LogP contribution >= 0.6 is 0 Å². The molecule has 0 bridgehead atoms. The van der Waals surface area contributed by atoms with Crippen molar-refractivity contribution in [2.24, 2.45) is 5.92 Å². The van der Waals surface area contributed by atoms with Crippen molar-refractivity contribution >= 4 is 23.5 Å². The van der Waals surface area contributed by atoms with E-state index < -0.39 is 11.9 Å². The first-order valence-corrected chi connectivity index (χ1v) is 8.38. The molecule has 2 atom stereocenters. The Labute approximate surface area is 141 Å². The number of anilines is 1. The summed E-state index contributed by atoms with van der Waals surface area (Å²) in [5.74, 6) is -1.62. The first-order chi connectivity index (χ1) is 11.5. The molecule has 0 spiro atoms. The molecule has 1 N–H and O–H groups in total. The van der Waals surface area contributed by atoms with Gasteiger partial charge in [0, 0.05) is 24.7 Å². The number of para-hydroxylation sites is 1. The molecule has 0 radical (unpaired) electrons. The molecule has 128 valence electrons. The average Bonchev–Trinajstić information content (AvgIpc) is 2.57. The molecule has 2 aliphatic rings. The second-order valence-electron chi connectivity index (χ2n) is 6.62. The fourth-order valence-electron chi connectivity index (χ4n) is 3.55. The molecule has 24 heavy (non-hydrogen) atoms. The van der Waals surface area contributed by atoms with Crippen LogP contribution in [0.1, 0.15) is 31.7 Å². The predicted octanol–water partition coefficient (Wildman–Crippen LogP) is 1.68. The smallest absolute Gasteiger partial charge is 0.308 e. The Balaban J connectivity index is 1.76. The number of amides is 2. The van der Waals surface area contributed by atoms with Gasteiger partial charge < -0.3 is 14.9 Å². The fourth-order valence-corrected chi connectivity index (χ4v) is 3.55. The number of rotatable bonds is 3. The number of fused-ring (bicyclic) bond motifs is 1. The fraction of sp³-hybridized carbons (Fsp3) is 0.500. The summed E-state index contributed by atoms with van der Waals surface area (Å²) in [7, 11) is 0. The molecular weight excluding hydrogens is 308 g/mol. The van der Waals surface area contributed by atoms with Crippen LogP contribution in [0.25, 0.3) is 0 Å². The number of carboxylic acid groups (broad SMARTS) is 1. The van der Waals surface area contributed by atoms with E-state index in [4.69, 9.17) is 0 Å². The van der Waals surface area contributed by atoms with Gasteiger partial charge >= 0.3 is 5.97 Å². The van der Waals surface area contributed by atoms with E-state index in [0.29, 0.717) is 25.7 Å². The van der Waals surface area contributed by atoms with Crippen molar-refractivity contribution in [2.75, 3.05) is 18.0 Å². The molecule has 0 aliphatic carbocycles. The predicted molar refractivity (Wildman–Crippen MR) is 88.7 cm³/mol. The number of piperidine rings is 1. The van der Waals surface area contributed by atoms with Gasteiger partial charge in [0.25, 0.3) is 0 Å². The van der Waals surface area contributed by atoms with Gasteiger partial charge in [-0.3, -0.25) is 14.4 Å². The molecule has 1 aromatic carbocycles. The zero-order valence-electron chi connectivity index (χ0n) is 13.8. The van der Waals surface area contributed by atoms with Gasteiger partial charge in [0.15, 0.2) is 0 Å². The van der Waals surface area contributed by atoms with Crippen LogP contribution in [0, 0.1) is 5.92 Å². The van der Waals surface area contributed by atoms with Crippen LogP contribution in [0.2, 0.25) is 0 Å². The third kappa shape index (κ3) is 3.13. The largest absolute Gasteiger partial charge is 0.481 e. The summed E-state index contributed by atoms with van der Waals surface area (Å²) in [6.07, 6.45) is 2.36. The Bertz CT molecular complexity index is 673. The summed E-state index contributed by atoms with van der Waals surface area (Å²) in [4.78, 5) is 39.4. The summed E-state index contributed by atoms with van der Waals surface area (Å²) in [5, 5.41) is 9.22. The van der Waals surface area contributed by atoms with E-state index in [0.717, 1.165) is 11.3 Å². The molecule has 1 saturated heterocycles. The highest BCUT2D eigenvalue weighted by molar-refractivity contribution is 6.01. The van der Waals surface area contributed by atoms with Gasteiger partial charge in [-0.05, 0) is 37.8 Å². The normalized spacial score (nSPS) is 23.8. The van der Waals surface area contributed by atoms with Crippen molar-refractivity contribution in [1.82, 2.24) is 4.90 Å². The minimum absolute atomic E-state index is 0.00300. The highest BCUT2D eigenvalue weighted by Crippen LogP contribution is 2.28. The number of nitrogens with zero attached hydrogens (tertiary/aromatic N) is 2. The van der Waals surface area contributed by atoms with Crippen LogP contribution in [0.5, 0.6) is 0 Å². The van der Waals surface area contributed by atoms with Crippen LogP contribution in [-0.4, -0.2) is 46.9 Å². The van der Waals surface area contributed by atoms with Crippen molar-refractivity contribution in [2.45, 2.75) is 38.6 Å². The summed E-state index contributed by atoms with van der Waals surface area (Å²) >= 11 is 0. The number of hydrogen-bond donors (Lipinski definition) is 1. The molecule has 1 fully saturated rings. The van der Waals surface area contributed by atoms with E-state index in [1.54, 1.807) is 4.90 Å². The van der Waals surface area contributed by atoms with E-state index in [-0.39, 0.29) is 30.9 Å². The van der Waals surface area contributed by atoms with E-state index >= 15 is 0 Å². The maximum absolute atomic E-state index is 12.7. The van der Waals surface area contributed by atoms with Gasteiger partial charge in [-0.2, -0.15) is 0 Å². The highest BCUT2D eigenvalue weighted by atomic mass is 16.4. The van der Waals surface area contributed by atoms with E-state index in [9.17, 15) is 19.5 Å². The average molecular weight is 330 g/mol. The van der Waals surface area contributed by atoms with Gasteiger partial charge in [0.2, 0.25) is 11.8 Å². The molecule has 0 saturated carbocycles. The zero-order chi connectivity index (χ0) is 17.3. The van der Waals surface area contributed by atoms with E-state index in [2.05, 4.69) is 0 Å². The molecule has 2 aliphatic heterocycles. The number of aliphatic carboxylic acids is 1. The van der Waals surface area contributed by atoms with E-state index in [1.807, 2.05) is 31.2 Å². The van der Waals surface area contributed by atoms with Gasteiger partial charge in [0.05, 0.1) is 5.92 Å². The minimum atomic E-state index is -0.862. The molecule has 2 heterocycles. The van der Waals surface area contributed by atoms with Gasteiger partial charge in [-0.15, -0.1) is 0 Å². The van der Waals surface area contributed by atoms with Crippen LogP contribution in [0.15, 0.2) is 24.3 Å². The van der Waals surface area contributed by atoms with Crippen molar-refractivity contribution in [3.63, 3.8) is 0 Å². The number of benzene rings is 1. The Kier molecular flexibility index (Phi) is 4.55. The first kappa shape index (κ1) is 16.5. The number of hydrogen-bond acceptors (Lipinski definition) is 3. The summed E-state index contributed by atoms with van der Waals surface area (Å²) in [6, 6.07) is 7.63. The van der Waals surface area contributed by atoms with Crippen molar-refractivity contribution in [3.05, 3.63) is 29.8 Å². The SMILES string of the molecule is CC1CCC(C(=O)O)CN1C(=O)CN1C(=O)CCc2ccccc21. The first-order valence-electron chi connectivity index (χ1n) is 8.38. The van der Waals surface area contributed by atoms with Gasteiger partial charge in [-0.1, -0.05) is 18.2 Å². The Hall–Kier alpha value is -2.37. The summed E-state index contributed by atoms with van der Waals surface area (Å²) < 4.78 is 0. The molecule has 6 heteroatoms. The van der Waals surface area contributed by atoms with Crippen molar-refractivity contribution < 1.29 is 19.5 Å². The molecule has 6 nitrogen and oxygen atoms in total. The van der Waals surface area contributed by atoms with Crippen molar-refractivity contribution in [3.8, 4) is 0 Å². The lowest BCUT2D eigenvalue weighted by Crippen LogP contribution is -2.52.